The van der Waals surface area contributed by atoms with Gasteiger partial charge in [0.1, 0.15) is 6.10 Å². The van der Waals surface area contributed by atoms with Crippen molar-refractivity contribution in [2.75, 3.05) is 0 Å². The van der Waals surface area contributed by atoms with Crippen molar-refractivity contribution in [2.45, 2.75) is 18.8 Å². The summed E-state index contributed by atoms with van der Waals surface area (Å²) >= 11 is 0. The zero-order valence-corrected chi connectivity index (χ0v) is 7.87. The standard InChI is InChI=1S/C10H12O5/c11-5-6-2-1-3-7(4-6)8(12)9(13)10(14)15/h1-4,8-9,11-13H,5H2,(H,14,15). The minimum Gasteiger partial charge on any atom is -0.479 e. The number of aliphatic hydroxyl groups excluding tert-OH is 3. The van der Waals surface area contributed by atoms with Crippen LogP contribution in [0.15, 0.2) is 24.3 Å². The van der Waals surface area contributed by atoms with Gasteiger partial charge in [0.25, 0.3) is 0 Å². The minimum absolute atomic E-state index is 0.205. The average molecular weight is 212 g/mol. The summed E-state index contributed by atoms with van der Waals surface area (Å²) in [5, 5.41) is 35.9. The topological polar surface area (TPSA) is 98.0 Å². The van der Waals surface area contributed by atoms with Gasteiger partial charge in [-0.3, -0.25) is 0 Å². The minimum atomic E-state index is -1.86. The summed E-state index contributed by atoms with van der Waals surface area (Å²) in [5.41, 5.74) is 0.806. The van der Waals surface area contributed by atoms with Crippen molar-refractivity contribution in [3.63, 3.8) is 0 Å². The van der Waals surface area contributed by atoms with Crippen LogP contribution in [0.1, 0.15) is 17.2 Å². The Balaban J connectivity index is 2.90. The highest BCUT2D eigenvalue weighted by Gasteiger charge is 2.24. The van der Waals surface area contributed by atoms with E-state index in [-0.39, 0.29) is 12.2 Å². The van der Waals surface area contributed by atoms with Crippen LogP contribution < -0.4 is 0 Å². The number of hydrogen-bond donors (Lipinski definition) is 4. The van der Waals surface area contributed by atoms with E-state index in [0.717, 1.165) is 0 Å². The quantitative estimate of drug-likeness (QED) is 0.547. The molecule has 0 amide bonds. The van der Waals surface area contributed by atoms with Gasteiger partial charge in [-0.25, -0.2) is 4.79 Å². The number of aliphatic carboxylic acids is 1. The first-order valence-electron chi connectivity index (χ1n) is 4.35. The molecule has 5 heteroatoms. The first-order chi connectivity index (χ1) is 7.06. The third-order valence-electron chi connectivity index (χ3n) is 2.03. The van der Waals surface area contributed by atoms with Crippen molar-refractivity contribution in [2.24, 2.45) is 0 Å². The molecular weight excluding hydrogens is 200 g/mol. The van der Waals surface area contributed by atoms with E-state index in [2.05, 4.69) is 0 Å². The highest BCUT2D eigenvalue weighted by atomic mass is 16.4. The lowest BCUT2D eigenvalue weighted by Crippen LogP contribution is -2.27. The average Bonchev–Trinajstić information content (AvgIpc) is 2.27. The second-order valence-electron chi connectivity index (χ2n) is 3.13. The Morgan fingerprint density at radius 1 is 1.33 bits per heavy atom. The predicted octanol–water partition coefficient (Wildman–Crippen LogP) is -0.342. The van der Waals surface area contributed by atoms with Gasteiger partial charge in [-0.2, -0.15) is 0 Å². The second-order valence-corrected chi connectivity index (χ2v) is 3.13. The Labute approximate surface area is 86.2 Å². The van der Waals surface area contributed by atoms with Gasteiger partial charge in [-0.15, -0.1) is 0 Å². The molecule has 1 rings (SSSR count). The first kappa shape index (κ1) is 11.6. The predicted molar refractivity (Wildman–Crippen MR) is 51.0 cm³/mol. The normalized spacial score (nSPS) is 14.6. The maximum atomic E-state index is 10.4. The van der Waals surface area contributed by atoms with Crippen LogP contribution in [0.25, 0.3) is 0 Å². The van der Waals surface area contributed by atoms with Gasteiger partial charge < -0.3 is 20.4 Å². The van der Waals surface area contributed by atoms with Gasteiger partial charge in [-0.05, 0) is 11.1 Å². The van der Waals surface area contributed by atoms with Gasteiger partial charge in [0.15, 0.2) is 6.10 Å². The van der Waals surface area contributed by atoms with E-state index < -0.39 is 18.2 Å². The van der Waals surface area contributed by atoms with Gasteiger partial charge >= 0.3 is 5.97 Å². The Bertz CT molecular complexity index is 349. The molecule has 0 aliphatic heterocycles. The van der Waals surface area contributed by atoms with Crippen LogP contribution >= 0.6 is 0 Å². The number of carboxylic acids is 1. The molecule has 15 heavy (non-hydrogen) atoms. The zero-order chi connectivity index (χ0) is 11.4. The van der Waals surface area contributed by atoms with Crippen LogP contribution in [-0.4, -0.2) is 32.5 Å². The summed E-state index contributed by atoms with van der Waals surface area (Å²) in [6.07, 6.45) is -3.35. The van der Waals surface area contributed by atoms with E-state index >= 15 is 0 Å². The highest BCUT2D eigenvalue weighted by Crippen LogP contribution is 2.18. The molecule has 0 fully saturated rings. The largest absolute Gasteiger partial charge is 0.479 e. The number of carboxylic acid groups (broad SMARTS) is 1. The summed E-state index contributed by atoms with van der Waals surface area (Å²) in [6, 6.07) is 6.12. The van der Waals surface area contributed by atoms with Crippen LogP contribution in [-0.2, 0) is 11.4 Å². The van der Waals surface area contributed by atoms with Crippen LogP contribution in [0.2, 0.25) is 0 Å². The molecule has 1 aromatic carbocycles. The number of carbonyl (C=O) groups is 1. The number of hydrogen-bond acceptors (Lipinski definition) is 4. The molecule has 82 valence electrons. The fraction of sp³-hybridized carbons (Fsp3) is 0.300. The van der Waals surface area contributed by atoms with Crippen molar-refractivity contribution in [1.82, 2.24) is 0 Å². The Morgan fingerprint density at radius 2 is 2.00 bits per heavy atom. The molecule has 4 N–H and O–H groups in total. The van der Waals surface area contributed by atoms with E-state index in [1.807, 2.05) is 0 Å². The van der Waals surface area contributed by atoms with Crippen LogP contribution in [0, 0.1) is 0 Å². The van der Waals surface area contributed by atoms with Gasteiger partial charge in [0.05, 0.1) is 6.61 Å². The van der Waals surface area contributed by atoms with E-state index in [4.69, 9.17) is 15.3 Å². The molecule has 0 heterocycles. The molecule has 0 radical (unpaired) electrons. The molecule has 5 nitrogen and oxygen atoms in total. The van der Waals surface area contributed by atoms with Crippen LogP contribution in [0.4, 0.5) is 0 Å². The van der Waals surface area contributed by atoms with Crippen molar-refractivity contribution < 1.29 is 25.2 Å². The van der Waals surface area contributed by atoms with Crippen LogP contribution in [0.5, 0.6) is 0 Å². The smallest absolute Gasteiger partial charge is 0.335 e. The second kappa shape index (κ2) is 4.88. The third kappa shape index (κ3) is 2.76. The molecule has 2 atom stereocenters. The number of rotatable bonds is 4. The van der Waals surface area contributed by atoms with Crippen molar-refractivity contribution in [3.05, 3.63) is 35.4 Å². The van der Waals surface area contributed by atoms with Gasteiger partial charge in [0, 0.05) is 0 Å². The molecular formula is C10H12O5. The van der Waals surface area contributed by atoms with Gasteiger partial charge in [-0.1, -0.05) is 24.3 Å². The van der Waals surface area contributed by atoms with Crippen LogP contribution in [0.3, 0.4) is 0 Å². The molecule has 0 bridgehead atoms. The van der Waals surface area contributed by atoms with Crippen molar-refractivity contribution in [1.29, 1.82) is 0 Å². The Hall–Kier alpha value is -1.43. The summed E-state index contributed by atoms with van der Waals surface area (Å²) < 4.78 is 0. The molecule has 0 spiro atoms. The number of aliphatic hydroxyl groups is 3. The van der Waals surface area contributed by atoms with E-state index in [1.165, 1.54) is 12.1 Å². The Kier molecular flexibility index (Phi) is 3.79. The maximum absolute atomic E-state index is 10.4. The van der Waals surface area contributed by atoms with Crippen molar-refractivity contribution >= 4 is 5.97 Å². The monoisotopic (exact) mass is 212 g/mol. The Morgan fingerprint density at radius 3 is 2.53 bits per heavy atom. The van der Waals surface area contributed by atoms with E-state index in [9.17, 15) is 9.90 Å². The van der Waals surface area contributed by atoms with Gasteiger partial charge in [0.2, 0.25) is 0 Å². The molecule has 0 aromatic heterocycles. The highest BCUT2D eigenvalue weighted by molar-refractivity contribution is 5.73. The van der Waals surface area contributed by atoms with Crippen molar-refractivity contribution in [3.8, 4) is 0 Å². The molecule has 0 aliphatic carbocycles. The number of benzene rings is 1. The fourth-order valence-corrected chi connectivity index (χ4v) is 1.19. The van der Waals surface area contributed by atoms with E-state index in [0.29, 0.717) is 5.56 Å². The molecule has 0 aliphatic rings. The first-order valence-corrected chi connectivity index (χ1v) is 4.35. The summed E-state index contributed by atoms with van der Waals surface area (Å²) in [5.74, 6) is -1.49. The lowest BCUT2D eigenvalue weighted by molar-refractivity contribution is -0.153. The molecule has 2 unspecified atom stereocenters. The molecule has 0 saturated carbocycles. The SMILES string of the molecule is O=C(O)C(O)C(O)c1cccc(CO)c1. The molecule has 0 saturated heterocycles. The lowest BCUT2D eigenvalue weighted by atomic mass is 10.0. The third-order valence-corrected chi connectivity index (χ3v) is 2.03. The summed E-state index contributed by atoms with van der Waals surface area (Å²) in [6.45, 7) is -0.205. The van der Waals surface area contributed by atoms with E-state index in [1.54, 1.807) is 12.1 Å². The summed E-state index contributed by atoms with van der Waals surface area (Å²) in [7, 11) is 0. The zero-order valence-electron chi connectivity index (χ0n) is 7.87. The molecule has 1 aromatic rings. The fourth-order valence-electron chi connectivity index (χ4n) is 1.19. The summed E-state index contributed by atoms with van der Waals surface area (Å²) in [4.78, 5) is 10.4. The maximum Gasteiger partial charge on any atom is 0.335 e. The lowest BCUT2D eigenvalue weighted by Gasteiger charge is -2.14.